The molecule has 0 spiro atoms. The lowest BCUT2D eigenvalue weighted by Gasteiger charge is -2.08. The topological polar surface area (TPSA) is 39.2 Å². The van der Waals surface area contributed by atoms with Crippen molar-refractivity contribution >= 4 is 21.9 Å². The second kappa shape index (κ2) is 5.29. The number of esters is 1. The molecule has 0 radical (unpaired) electrons. The monoisotopic (exact) mass is 297 g/mol. The molecule has 0 aromatic carbocycles. The quantitative estimate of drug-likeness (QED) is 0.636. The molecule has 0 fully saturated rings. The number of alkyl halides is 3. The lowest BCUT2D eigenvalue weighted by atomic mass is 10.2. The Hall–Kier alpha value is -1.11. The summed E-state index contributed by atoms with van der Waals surface area (Å²) in [7, 11) is 1.02. The van der Waals surface area contributed by atoms with Crippen molar-refractivity contribution in [3.8, 4) is 0 Å². The molecule has 0 aliphatic rings. The van der Waals surface area contributed by atoms with Crippen LogP contribution < -0.4 is 0 Å². The van der Waals surface area contributed by atoms with Gasteiger partial charge in [0.2, 0.25) is 0 Å². The van der Waals surface area contributed by atoms with Crippen molar-refractivity contribution in [3.05, 3.63) is 28.8 Å². The normalized spacial score (nSPS) is 10.6. The van der Waals surface area contributed by atoms with E-state index in [-0.39, 0.29) is 10.9 Å². The van der Waals surface area contributed by atoms with E-state index in [1.807, 2.05) is 0 Å². The molecule has 16 heavy (non-hydrogen) atoms. The fraction of sp³-hybridized carbons (Fsp3) is 0.333. The van der Waals surface area contributed by atoms with Gasteiger partial charge in [-0.25, -0.2) is 22.9 Å². The summed E-state index contributed by atoms with van der Waals surface area (Å²) >= 11 is 2.93. The van der Waals surface area contributed by atoms with Crippen LogP contribution in [0.2, 0.25) is 0 Å². The molecule has 0 aliphatic carbocycles. The van der Waals surface area contributed by atoms with E-state index in [1.165, 1.54) is 0 Å². The van der Waals surface area contributed by atoms with Gasteiger partial charge in [-0.2, -0.15) is 0 Å². The predicted octanol–water partition coefficient (Wildman–Crippen LogP) is 2.84. The first-order valence-electron chi connectivity index (χ1n) is 4.13. The van der Waals surface area contributed by atoms with E-state index >= 15 is 0 Å². The maximum Gasteiger partial charge on any atom is 0.359 e. The molecule has 0 unspecified atom stereocenters. The third-order valence-electron chi connectivity index (χ3n) is 1.82. The van der Waals surface area contributed by atoms with E-state index in [9.17, 15) is 18.0 Å². The number of nitrogens with zero attached hydrogens (tertiary/aromatic N) is 1. The van der Waals surface area contributed by atoms with Crippen LogP contribution in [0.5, 0.6) is 0 Å². The number of pyridine rings is 1. The van der Waals surface area contributed by atoms with Crippen LogP contribution in [0.3, 0.4) is 0 Å². The highest BCUT2D eigenvalue weighted by molar-refractivity contribution is 9.08. The molecule has 1 rings (SSSR count). The molecule has 0 N–H and O–H groups in total. The van der Waals surface area contributed by atoms with E-state index in [0.717, 1.165) is 13.2 Å². The maximum absolute atomic E-state index is 13.3. The van der Waals surface area contributed by atoms with E-state index in [4.69, 9.17) is 0 Å². The molecule has 0 bridgehead atoms. The zero-order valence-corrected chi connectivity index (χ0v) is 9.72. The molecule has 1 aromatic rings. The summed E-state index contributed by atoms with van der Waals surface area (Å²) in [5.41, 5.74) is -1.36. The summed E-state index contributed by atoms with van der Waals surface area (Å²) in [6.07, 6.45) is -2.88. The number of halogens is 4. The van der Waals surface area contributed by atoms with Gasteiger partial charge in [0.1, 0.15) is 5.69 Å². The molecule has 3 nitrogen and oxygen atoms in total. The first-order valence-corrected chi connectivity index (χ1v) is 5.25. The van der Waals surface area contributed by atoms with Crippen molar-refractivity contribution < 1.29 is 22.7 Å². The van der Waals surface area contributed by atoms with Crippen molar-refractivity contribution in [1.82, 2.24) is 4.98 Å². The van der Waals surface area contributed by atoms with Crippen LogP contribution in [0, 0.1) is 5.82 Å². The number of carbonyl (C=O) groups excluding carboxylic acids is 1. The van der Waals surface area contributed by atoms with Crippen LogP contribution in [0.4, 0.5) is 13.2 Å². The van der Waals surface area contributed by atoms with E-state index < -0.39 is 29.6 Å². The number of ether oxygens (including phenoxy) is 1. The van der Waals surface area contributed by atoms with Crippen LogP contribution in [-0.2, 0) is 10.1 Å². The summed E-state index contributed by atoms with van der Waals surface area (Å²) in [6.45, 7) is 0. The Labute approximate surface area is 97.8 Å². The molecule has 1 heterocycles. The summed E-state index contributed by atoms with van der Waals surface area (Å²) in [5.74, 6) is -2.06. The van der Waals surface area contributed by atoms with Gasteiger partial charge < -0.3 is 4.74 Å². The number of rotatable bonds is 3. The third kappa shape index (κ3) is 2.52. The van der Waals surface area contributed by atoms with Crippen LogP contribution >= 0.6 is 15.9 Å². The number of hydrogen-bond acceptors (Lipinski definition) is 3. The van der Waals surface area contributed by atoms with Crippen molar-refractivity contribution in [2.45, 2.75) is 11.8 Å². The van der Waals surface area contributed by atoms with Gasteiger partial charge in [0, 0.05) is 5.33 Å². The van der Waals surface area contributed by atoms with Gasteiger partial charge in [-0.1, -0.05) is 15.9 Å². The van der Waals surface area contributed by atoms with Gasteiger partial charge in [0.05, 0.1) is 7.11 Å². The second-order valence-corrected chi connectivity index (χ2v) is 3.35. The Kier molecular flexibility index (Phi) is 4.28. The summed E-state index contributed by atoms with van der Waals surface area (Å²) in [6, 6.07) is 0.843. The Bertz CT molecular complexity index is 412. The highest BCUT2D eigenvalue weighted by Crippen LogP contribution is 2.24. The lowest BCUT2D eigenvalue weighted by molar-refractivity contribution is 0.0586. The minimum Gasteiger partial charge on any atom is -0.464 e. The summed E-state index contributed by atoms with van der Waals surface area (Å²) in [4.78, 5) is 14.3. The van der Waals surface area contributed by atoms with Crippen molar-refractivity contribution in [2.24, 2.45) is 0 Å². The average Bonchev–Trinajstić information content (AvgIpc) is 2.27. The van der Waals surface area contributed by atoms with Crippen LogP contribution in [0.25, 0.3) is 0 Å². The van der Waals surface area contributed by atoms with Crippen LogP contribution in [0.1, 0.15) is 28.2 Å². The molecular weight excluding hydrogens is 291 g/mol. The van der Waals surface area contributed by atoms with Gasteiger partial charge in [-0.3, -0.25) is 0 Å². The highest BCUT2D eigenvalue weighted by Gasteiger charge is 2.22. The average molecular weight is 298 g/mol. The van der Waals surface area contributed by atoms with Crippen molar-refractivity contribution in [2.75, 3.05) is 7.11 Å². The van der Waals surface area contributed by atoms with Gasteiger partial charge in [0.15, 0.2) is 11.5 Å². The first-order chi connectivity index (χ1) is 7.51. The maximum atomic E-state index is 13.3. The van der Waals surface area contributed by atoms with E-state index in [0.29, 0.717) is 0 Å². The molecule has 88 valence electrons. The molecule has 0 amide bonds. The minimum absolute atomic E-state index is 0.000142. The van der Waals surface area contributed by atoms with Crippen LogP contribution in [-0.4, -0.2) is 18.1 Å². The predicted molar refractivity (Wildman–Crippen MR) is 53.1 cm³/mol. The highest BCUT2D eigenvalue weighted by atomic mass is 79.9. The smallest absolute Gasteiger partial charge is 0.359 e. The Morgan fingerprint density at radius 1 is 1.62 bits per heavy atom. The summed E-state index contributed by atoms with van der Waals surface area (Å²) in [5, 5.41) is 0.0258. The number of carbonyl (C=O) groups is 1. The Morgan fingerprint density at radius 2 is 2.25 bits per heavy atom. The molecule has 1 aromatic heterocycles. The molecule has 0 saturated carbocycles. The van der Waals surface area contributed by atoms with E-state index in [1.54, 1.807) is 0 Å². The zero-order valence-electron chi connectivity index (χ0n) is 8.14. The number of methoxy groups -OCH3 is 1. The van der Waals surface area contributed by atoms with Crippen molar-refractivity contribution in [3.63, 3.8) is 0 Å². The molecular formula is C9H7BrF3NO2. The fourth-order valence-electron chi connectivity index (χ4n) is 1.08. The second-order valence-electron chi connectivity index (χ2n) is 2.79. The van der Waals surface area contributed by atoms with Gasteiger partial charge in [0.25, 0.3) is 6.43 Å². The number of hydrogen-bond donors (Lipinski definition) is 0. The largest absolute Gasteiger partial charge is 0.464 e. The SMILES string of the molecule is COC(=O)c1nc(C(F)F)c(CBr)cc1F. The molecule has 0 saturated heterocycles. The molecule has 0 aliphatic heterocycles. The lowest BCUT2D eigenvalue weighted by Crippen LogP contribution is -2.11. The van der Waals surface area contributed by atoms with Gasteiger partial charge >= 0.3 is 5.97 Å². The Balaban J connectivity index is 3.33. The molecule has 7 heteroatoms. The first kappa shape index (κ1) is 13.0. The standard InChI is InChI=1S/C9H7BrF3NO2/c1-16-9(15)7-5(11)2-4(3-10)6(14-7)8(12)13/h2,8H,3H2,1H3. The zero-order chi connectivity index (χ0) is 12.3. The minimum atomic E-state index is -2.88. The van der Waals surface area contributed by atoms with Crippen molar-refractivity contribution in [1.29, 1.82) is 0 Å². The number of aromatic nitrogens is 1. The molecule has 0 atom stereocenters. The van der Waals surface area contributed by atoms with E-state index in [2.05, 4.69) is 25.7 Å². The Morgan fingerprint density at radius 3 is 2.69 bits per heavy atom. The summed E-state index contributed by atoms with van der Waals surface area (Å²) < 4.78 is 42.6. The van der Waals surface area contributed by atoms with Gasteiger partial charge in [-0.05, 0) is 11.6 Å². The fourth-order valence-corrected chi connectivity index (χ4v) is 1.53. The third-order valence-corrected chi connectivity index (χ3v) is 2.42. The van der Waals surface area contributed by atoms with Crippen LogP contribution in [0.15, 0.2) is 6.07 Å². The van der Waals surface area contributed by atoms with Gasteiger partial charge in [-0.15, -0.1) is 0 Å².